The van der Waals surface area contributed by atoms with Crippen LogP contribution in [0.1, 0.15) is 16.1 Å². The number of hydrogen-bond donors (Lipinski definition) is 0. The van der Waals surface area contributed by atoms with Gasteiger partial charge in [-0.2, -0.15) is 0 Å². The highest BCUT2D eigenvalue weighted by molar-refractivity contribution is 9.10. The Morgan fingerprint density at radius 2 is 2.31 bits per heavy atom. The molecule has 13 heavy (non-hydrogen) atoms. The molecule has 70 valence electrons. The molecule has 0 saturated heterocycles. The number of aromatic nitrogens is 1. The second-order valence-electron chi connectivity index (χ2n) is 2.27. The summed E-state index contributed by atoms with van der Waals surface area (Å²) in [7, 11) is 1.34. The van der Waals surface area contributed by atoms with E-state index in [-0.39, 0.29) is 5.97 Å². The molecule has 0 atom stereocenters. The van der Waals surface area contributed by atoms with E-state index in [9.17, 15) is 4.79 Å². The van der Waals surface area contributed by atoms with Crippen LogP contribution in [0.15, 0.2) is 16.7 Å². The molecule has 0 amide bonds. The van der Waals surface area contributed by atoms with E-state index < -0.39 is 0 Å². The Morgan fingerprint density at radius 1 is 1.62 bits per heavy atom. The van der Waals surface area contributed by atoms with Crippen molar-refractivity contribution in [1.82, 2.24) is 4.98 Å². The van der Waals surface area contributed by atoms with Gasteiger partial charge in [0.05, 0.1) is 18.4 Å². The molecule has 0 spiro atoms. The van der Waals surface area contributed by atoms with Crippen molar-refractivity contribution in [3.8, 4) is 0 Å². The summed E-state index contributed by atoms with van der Waals surface area (Å²) in [4.78, 5) is 15.3. The van der Waals surface area contributed by atoms with Gasteiger partial charge in [0, 0.05) is 5.33 Å². The molecular formula is C8H7Br2NO2. The Labute approximate surface area is 92.8 Å². The summed E-state index contributed by atoms with van der Waals surface area (Å²) >= 11 is 6.47. The molecule has 0 saturated carbocycles. The minimum atomic E-state index is -0.388. The summed E-state index contributed by atoms with van der Waals surface area (Å²) in [6, 6.07) is 3.45. The van der Waals surface area contributed by atoms with Crippen molar-refractivity contribution < 1.29 is 9.53 Å². The van der Waals surface area contributed by atoms with Crippen LogP contribution >= 0.6 is 31.9 Å². The zero-order valence-corrected chi connectivity index (χ0v) is 10.1. The van der Waals surface area contributed by atoms with Gasteiger partial charge >= 0.3 is 5.97 Å². The maximum Gasteiger partial charge on any atom is 0.340 e. The van der Waals surface area contributed by atoms with Gasteiger partial charge in [-0.3, -0.25) is 0 Å². The van der Waals surface area contributed by atoms with Gasteiger partial charge in [-0.25, -0.2) is 9.78 Å². The van der Waals surface area contributed by atoms with Crippen LogP contribution in [0.25, 0.3) is 0 Å². The summed E-state index contributed by atoms with van der Waals surface area (Å²) in [6.45, 7) is 0. The van der Waals surface area contributed by atoms with E-state index in [1.807, 2.05) is 0 Å². The molecule has 0 N–H and O–H groups in total. The first-order valence-corrected chi connectivity index (χ1v) is 5.40. The van der Waals surface area contributed by atoms with Crippen molar-refractivity contribution in [2.24, 2.45) is 0 Å². The predicted molar refractivity (Wildman–Crippen MR) is 55.9 cm³/mol. The number of ether oxygens (including phenoxy) is 1. The molecule has 1 aromatic heterocycles. The molecule has 0 aromatic carbocycles. The monoisotopic (exact) mass is 307 g/mol. The largest absolute Gasteiger partial charge is 0.465 e. The Bertz CT molecular complexity index is 328. The maximum absolute atomic E-state index is 11.1. The highest BCUT2D eigenvalue weighted by Crippen LogP contribution is 2.16. The van der Waals surface area contributed by atoms with Crippen molar-refractivity contribution in [1.29, 1.82) is 0 Å². The van der Waals surface area contributed by atoms with Gasteiger partial charge in [0.15, 0.2) is 0 Å². The molecule has 0 aliphatic carbocycles. The van der Waals surface area contributed by atoms with Crippen LogP contribution in [0.5, 0.6) is 0 Å². The molecule has 1 rings (SSSR count). The van der Waals surface area contributed by atoms with Gasteiger partial charge in [0.1, 0.15) is 4.60 Å². The number of halogens is 2. The lowest BCUT2D eigenvalue weighted by atomic mass is 10.2. The van der Waals surface area contributed by atoms with E-state index in [0.29, 0.717) is 15.5 Å². The third-order valence-corrected chi connectivity index (χ3v) is 2.63. The number of nitrogens with zero attached hydrogens (tertiary/aromatic N) is 1. The number of esters is 1. The second-order valence-corrected chi connectivity index (χ2v) is 3.58. The molecule has 0 aliphatic heterocycles. The fraction of sp³-hybridized carbons (Fsp3) is 0.250. The van der Waals surface area contributed by atoms with Crippen molar-refractivity contribution in [3.63, 3.8) is 0 Å². The lowest BCUT2D eigenvalue weighted by Gasteiger charge is -2.02. The lowest BCUT2D eigenvalue weighted by Crippen LogP contribution is -2.04. The van der Waals surface area contributed by atoms with Crippen LogP contribution in [0, 0.1) is 0 Å². The molecule has 0 bridgehead atoms. The summed E-state index contributed by atoms with van der Waals surface area (Å²) < 4.78 is 5.08. The fourth-order valence-corrected chi connectivity index (χ4v) is 1.64. The van der Waals surface area contributed by atoms with Crippen LogP contribution in [-0.2, 0) is 10.1 Å². The van der Waals surface area contributed by atoms with Crippen molar-refractivity contribution in [2.75, 3.05) is 7.11 Å². The van der Waals surface area contributed by atoms with Crippen LogP contribution < -0.4 is 0 Å². The Kier molecular flexibility index (Phi) is 3.87. The Hall–Kier alpha value is -0.420. The highest BCUT2D eigenvalue weighted by atomic mass is 79.9. The summed E-state index contributed by atoms with van der Waals surface area (Å²) in [6.07, 6.45) is 0. The zero-order valence-electron chi connectivity index (χ0n) is 6.88. The predicted octanol–water partition coefficient (Wildman–Crippen LogP) is 2.53. The van der Waals surface area contributed by atoms with Crippen molar-refractivity contribution in [3.05, 3.63) is 28.0 Å². The SMILES string of the molecule is COC(=O)c1ccc(CBr)nc1Br. The third-order valence-electron chi connectivity index (χ3n) is 1.45. The van der Waals surface area contributed by atoms with Crippen molar-refractivity contribution >= 4 is 37.8 Å². The molecule has 1 aromatic rings. The first kappa shape index (κ1) is 10.7. The standard InChI is InChI=1S/C8H7Br2NO2/c1-13-8(12)6-3-2-5(4-9)11-7(6)10/h2-3H,4H2,1H3. The van der Waals surface area contributed by atoms with E-state index in [2.05, 4.69) is 41.6 Å². The number of alkyl halides is 1. The van der Waals surface area contributed by atoms with Gasteiger partial charge in [-0.05, 0) is 28.1 Å². The second kappa shape index (κ2) is 4.72. The van der Waals surface area contributed by atoms with E-state index in [1.165, 1.54) is 7.11 Å². The number of hydrogen-bond acceptors (Lipinski definition) is 3. The molecule has 0 unspecified atom stereocenters. The number of methoxy groups -OCH3 is 1. The topological polar surface area (TPSA) is 39.2 Å². The maximum atomic E-state index is 11.1. The molecule has 0 fully saturated rings. The summed E-state index contributed by atoms with van der Waals surface area (Å²) in [5.74, 6) is -0.388. The molecule has 5 heteroatoms. The first-order valence-electron chi connectivity index (χ1n) is 3.48. The van der Waals surface area contributed by atoms with Crippen LogP contribution in [-0.4, -0.2) is 18.1 Å². The van der Waals surface area contributed by atoms with Gasteiger partial charge in [0.2, 0.25) is 0 Å². The van der Waals surface area contributed by atoms with E-state index in [4.69, 9.17) is 0 Å². The van der Waals surface area contributed by atoms with Gasteiger partial charge < -0.3 is 4.74 Å². The Morgan fingerprint density at radius 3 is 2.77 bits per heavy atom. The molecule has 3 nitrogen and oxygen atoms in total. The summed E-state index contributed by atoms with van der Waals surface area (Å²) in [5, 5.41) is 0.660. The number of carbonyl (C=O) groups is 1. The van der Waals surface area contributed by atoms with Crippen LogP contribution in [0.4, 0.5) is 0 Å². The smallest absolute Gasteiger partial charge is 0.340 e. The molecule has 0 aliphatic rings. The van der Waals surface area contributed by atoms with Crippen LogP contribution in [0.3, 0.4) is 0 Å². The van der Waals surface area contributed by atoms with E-state index in [0.717, 1.165) is 5.69 Å². The van der Waals surface area contributed by atoms with E-state index in [1.54, 1.807) is 12.1 Å². The number of carbonyl (C=O) groups excluding carboxylic acids is 1. The van der Waals surface area contributed by atoms with Gasteiger partial charge in [-0.1, -0.05) is 15.9 Å². The van der Waals surface area contributed by atoms with Gasteiger partial charge in [-0.15, -0.1) is 0 Å². The van der Waals surface area contributed by atoms with Crippen molar-refractivity contribution in [2.45, 2.75) is 5.33 Å². The minimum Gasteiger partial charge on any atom is -0.465 e. The Balaban J connectivity index is 3.05. The first-order chi connectivity index (χ1) is 6.19. The minimum absolute atomic E-state index is 0.388. The fourth-order valence-electron chi connectivity index (χ4n) is 0.809. The number of pyridine rings is 1. The van der Waals surface area contributed by atoms with Gasteiger partial charge in [0.25, 0.3) is 0 Å². The quantitative estimate of drug-likeness (QED) is 0.479. The zero-order chi connectivity index (χ0) is 9.84. The number of rotatable bonds is 2. The normalized spacial score (nSPS) is 9.77. The third kappa shape index (κ3) is 2.51. The average Bonchev–Trinajstić information content (AvgIpc) is 2.16. The average molecular weight is 309 g/mol. The lowest BCUT2D eigenvalue weighted by molar-refractivity contribution is 0.0599. The van der Waals surface area contributed by atoms with Crippen LogP contribution in [0.2, 0.25) is 0 Å². The van der Waals surface area contributed by atoms with E-state index >= 15 is 0 Å². The summed E-state index contributed by atoms with van der Waals surface area (Å²) in [5.41, 5.74) is 1.30. The molecule has 0 radical (unpaired) electrons. The molecule has 1 heterocycles. The highest BCUT2D eigenvalue weighted by Gasteiger charge is 2.11. The molecular weight excluding hydrogens is 302 g/mol.